The van der Waals surface area contributed by atoms with E-state index in [2.05, 4.69) is 4.84 Å². The lowest BCUT2D eigenvalue weighted by Gasteiger charge is -2.17. The van der Waals surface area contributed by atoms with Gasteiger partial charge in [-0.05, 0) is 12.1 Å². The molecule has 9 heteroatoms. The van der Waals surface area contributed by atoms with E-state index in [9.17, 15) is 20.0 Å². The van der Waals surface area contributed by atoms with Gasteiger partial charge in [0.25, 0.3) is 5.09 Å². The van der Waals surface area contributed by atoms with Gasteiger partial charge in [0.1, 0.15) is 23.5 Å². The average molecular weight is 311 g/mol. The fourth-order valence-corrected chi connectivity index (χ4v) is 2.58. The van der Waals surface area contributed by atoms with Crippen LogP contribution in [0, 0.1) is 10.1 Å². The Morgan fingerprint density at radius 1 is 1.23 bits per heavy atom. The van der Waals surface area contributed by atoms with Gasteiger partial charge < -0.3 is 24.2 Å². The number of esters is 1. The number of rotatable bonds is 4. The van der Waals surface area contributed by atoms with Gasteiger partial charge in [0.15, 0.2) is 12.2 Å². The highest BCUT2D eigenvalue weighted by molar-refractivity contribution is 5.92. The van der Waals surface area contributed by atoms with Crippen molar-refractivity contribution in [1.82, 2.24) is 0 Å². The molecule has 2 fully saturated rings. The summed E-state index contributed by atoms with van der Waals surface area (Å²) in [5.74, 6) is -0.903. The molecule has 2 saturated heterocycles. The highest BCUT2D eigenvalue weighted by atomic mass is 17.0. The van der Waals surface area contributed by atoms with Gasteiger partial charge in [0.05, 0.1) is 13.2 Å². The number of carbonyl (C=O) groups is 1. The van der Waals surface area contributed by atoms with E-state index in [0.29, 0.717) is 0 Å². The lowest BCUT2D eigenvalue weighted by Crippen LogP contribution is -2.35. The lowest BCUT2D eigenvalue weighted by molar-refractivity contribution is -0.769. The van der Waals surface area contributed by atoms with Gasteiger partial charge in [-0.3, -0.25) is 0 Å². The van der Waals surface area contributed by atoms with Crippen LogP contribution in [0.1, 0.15) is 10.4 Å². The molecule has 0 bridgehead atoms. The zero-order chi connectivity index (χ0) is 15.7. The molecule has 0 unspecified atom stereocenters. The first-order chi connectivity index (χ1) is 10.6. The summed E-state index contributed by atoms with van der Waals surface area (Å²) in [6, 6.07) is 5.98. The van der Waals surface area contributed by atoms with Crippen LogP contribution in [-0.2, 0) is 19.0 Å². The summed E-state index contributed by atoms with van der Waals surface area (Å²) >= 11 is 0. The molecule has 0 amide bonds. The highest BCUT2D eigenvalue weighted by Crippen LogP contribution is 2.31. The molecule has 1 aromatic rings. The summed E-state index contributed by atoms with van der Waals surface area (Å²) in [6.45, 7) is 0.0349. The number of phenolic OH excluding ortho intramolecular Hbond substituents is 1. The fraction of sp³-hybridized carbons (Fsp3) is 0.462. The van der Waals surface area contributed by atoms with E-state index in [-0.39, 0.29) is 24.5 Å². The Labute approximate surface area is 124 Å². The van der Waals surface area contributed by atoms with Crippen LogP contribution in [0.15, 0.2) is 24.3 Å². The van der Waals surface area contributed by atoms with Crippen molar-refractivity contribution in [2.45, 2.75) is 24.4 Å². The van der Waals surface area contributed by atoms with Crippen molar-refractivity contribution in [3.8, 4) is 5.75 Å². The molecule has 0 radical (unpaired) electrons. The minimum Gasteiger partial charge on any atom is -0.507 e. The number of carbonyl (C=O) groups excluding carboxylic acids is 1. The molecule has 9 nitrogen and oxygen atoms in total. The van der Waals surface area contributed by atoms with E-state index in [4.69, 9.17) is 14.2 Å². The average Bonchev–Trinajstić information content (AvgIpc) is 3.03. The molecule has 4 atom stereocenters. The first-order valence-electron chi connectivity index (χ1n) is 6.59. The summed E-state index contributed by atoms with van der Waals surface area (Å²) in [7, 11) is 0. The molecule has 22 heavy (non-hydrogen) atoms. The molecular formula is C13H13NO8. The van der Waals surface area contributed by atoms with E-state index >= 15 is 0 Å². The molecule has 1 N–H and O–H groups in total. The van der Waals surface area contributed by atoms with Gasteiger partial charge in [0.2, 0.25) is 0 Å². The van der Waals surface area contributed by atoms with Gasteiger partial charge in [-0.15, -0.1) is 10.1 Å². The molecule has 3 rings (SSSR count). The number of phenols is 1. The second-order valence-corrected chi connectivity index (χ2v) is 4.92. The van der Waals surface area contributed by atoms with Crippen LogP contribution in [0.3, 0.4) is 0 Å². The van der Waals surface area contributed by atoms with E-state index in [1.54, 1.807) is 12.1 Å². The topological polar surface area (TPSA) is 117 Å². The molecule has 2 aliphatic rings. The zero-order valence-corrected chi connectivity index (χ0v) is 11.3. The third-order valence-corrected chi connectivity index (χ3v) is 3.57. The number of nitrogens with zero attached hydrogens (tertiary/aromatic N) is 1. The van der Waals surface area contributed by atoms with E-state index in [1.165, 1.54) is 12.1 Å². The summed E-state index contributed by atoms with van der Waals surface area (Å²) in [4.78, 5) is 26.9. The third-order valence-electron chi connectivity index (χ3n) is 3.57. The maximum Gasteiger partial charge on any atom is 0.342 e. The van der Waals surface area contributed by atoms with Crippen molar-refractivity contribution in [1.29, 1.82) is 0 Å². The van der Waals surface area contributed by atoms with Crippen molar-refractivity contribution >= 4 is 5.97 Å². The summed E-state index contributed by atoms with van der Waals surface area (Å²) in [5.41, 5.74) is 0.0297. The minimum atomic E-state index is -0.902. The predicted molar refractivity (Wildman–Crippen MR) is 68.7 cm³/mol. The number of benzene rings is 1. The smallest absolute Gasteiger partial charge is 0.342 e. The van der Waals surface area contributed by atoms with Crippen molar-refractivity contribution in [3.05, 3.63) is 39.9 Å². The monoisotopic (exact) mass is 311 g/mol. The summed E-state index contributed by atoms with van der Waals surface area (Å²) in [6.07, 6.45) is -2.83. The van der Waals surface area contributed by atoms with Crippen molar-refractivity contribution < 1.29 is 34.0 Å². The SMILES string of the molecule is O=C(O[C@H]1CO[C@H]2[C@@H]1OC[C@H]2O[N+](=O)[O-])c1ccccc1O. The van der Waals surface area contributed by atoms with Gasteiger partial charge in [0, 0.05) is 0 Å². The van der Waals surface area contributed by atoms with Crippen LogP contribution in [0.5, 0.6) is 5.75 Å². The molecule has 0 aromatic heterocycles. The maximum absolute atomic E-state index is 12.0. The summed E-state index contributed by atoms with van der Waals surface area (Å²) in [5, 5.41) is 19.1. The van der Waals surface area contributed by atoms with Crippen LogP contribution in [0.25, 0.3) is 0 Å². The zero-order valence-electron chi connectivity index (χ0n) is 11.3. The number of hydrogen-bond acceptors (Lipinski definition) is 8. The standard InChI is InChI=1S/C13H13NO8/c15-8-4-2-1-3-7(8)13(16)21-9-5-19-12-10(22-14(17)18)6-20-11(9)12/h1-4,9-12,15H,5-6H2/t9-,10+,11+,12+/m0/s1. The Bertz CT molecular complexity index is 591. The quantitative estimate of drug-likeness (QED) is 0.479. The van der Waals surface area contributed by atoms with Crippen molar-refractivity contribution in [3.63, 3.8) is 0 Å². The molecule has 118 valence electrons. The van der Waals surface area contributed by atoms with E-state index in [1.807, 2.05) is 0 Å². The van der Waals surface area contributed by atoms with Gasteiger partial charge in [-0.1, -0.05) is 12.1 Å². The van der Waals surface area contributed by atoms with Gasteiger partial charge in [-0.25, -0.2) is 4.79 Å². The largest absolute Gasteiger partial charge is 0.507 e. The summed E-state index contributed by atoms with van der Waals surface area (Å²) < 4.78 is 16.0. The molecular weight excluding hydrogens is 298 g/mol. The Kier molecular flexibility index (Phi) is 3.82. The van der Waals surface area contributed by atoms with Crippen LogP contribution in [0.2, 0.25) is 0 Å². The molecule has 2 heterocycles. The van der Waals surface area contributed by atoms with Crippen LogP contribution < -0.4 is 0 Å². The van der Waals surface area contributed by atoms with Gasteiger partial charge in [-0.2, -0.15) is 0 Å². The Morgan fingerprint density at radius 2 is 1.86 bits per heavy atom. The van der Waals surface area contributed by atoms with Crippen molar-refractivity contribution in [2.75, 3.05) is 13.2 Å². The number of hydrogen-bond donors (Lipinski definition) is 1. The highest BCUT2D eigenvalue weighted by Gasteiger charge is 2.51. The molecule has 2 aliphatic heterocycles. The third kappa shape index (κ3) is 2.68. The number of para-hydroxylation sites is 1. The van der Waals surface area contributed by atoms with Crippen LogP contribution in [0.4, 0.5) is 0 Å². The molecule has 0 aliphatic carbocycles. The van der Waals surface area contributed by atoms with E-state index in [0.717, 1.165) is 0 Å². The first-order valence-corrected chi connectivity index (χ1v) is 6.59. The second kappa shape index (κ2) is 5.78. The van der Waals surface area contributed by atoms with Crippen LogP contribution in [-0.4, -0.2) is 53.8 Å². The molecule has 1 aromatic carbocycles. The normalized spacial score (nSPS) is 29.8. The molecule has 0 spiro atoms. The van der Waals surface area contributed by atoms with Gasteiger partial charge >= 0.3 is 5.97 Å². The maximum atomic E-state index is 12.0. The minimum absolute atomic E-state index is 0.0129. The van der Waals surface area contributed by atoms with Crippen molar-refractivity contribution in [2.24, 2.45) is 0 Å². The first kappa shape index (κ1) is 14.5. The van der Waals surface area contributed by atoms with Crippen LogP contribution >= 0.6 is 0 Å². The number of ether oxygens (including phenoxy) is 3. The number of aromatic hydroxyl groups is 1. The molecule has 0 saturated carbocycles. The second-order valence-electron chi connectivity index (χ2n) is 4.92. The Morgan fingerprint density at radius 3 is 2.55 bits per heavy atom. The fourth-order valence-electron chi connectivity index (χ4n) is 2.58. The van der Waals surface area contributed by atoms with E-state index < -0.39 is 35.5 Å². The Hall–Kier alpha value is -2.39. The number of fused-ring (bicyclic) bond motifs is 1. The lowest BCUT2D eigenvalue weighted by atomic mass is 10.1. The Balaban J connectivity index is 1.64. The predicted octanol–water partition coefficient (Wildman–Crippen LogP) is 0.292.